The molecule has 1 N–H and O–H groups in total. The van der Waals surface area contributed by atoms with E-state index in [2.05, 4.69) is 4.72 Å². The topological polar surface area (TPSA) is 131 Å². The second-order valence-corrected chi connectivity index (χ2v) is 17.1. The van der Waals surface area contributed by atoms with Crippen molar-refractivity contribution < 1.29 is 31.9 Å². The number of halogens is 1. The molecule has 13 heteroatoms. The minimum Gasteiger partial charge on any atom is -0.459 e. The van der Waals surface area contributed by atoms with Crippen molar-refractivity contribution in [1.29, 1.82) is 0 Å². The summed E-state index contributed by atoms with van der Waals surface area (Å²) in [6.45, 7) is 6.02. The predicted molar refractivity (Wildman–Crippen MR) is 196 cm³/mol. The highest BCUT2D eigenvalue weighted by Crippen LogP contribution is 2.57. The fourth-order valence-corrected chi connectivity index (χ4v) is 8.53. The largest absolute Gasteiger partial charge is 0.459 e. The van der Waals surface area contributed by atoms with Crippen LogP contribution in [0.5, 0.6) is 6.01 Å². The molecule has 52 heavy (non-hydrogen) atoms. The molecule has 1 saturated heterocycles. The second-order valence-electron chi connectivity index (χ2n) is 15.3. The number of amides is 2. The van der Waals surface area contributed by atoms with Crippen LogP contribution in [-0.4, -0.2) is 77.6 Å². The van der Waals surface area contributed by atoms with Gasteiger partial charge in [0.05, 0.1) is 29.0 Å². The van der Waals surface area contributed by atoms with Crippen molar-refractivity contribution in [2.24, 2.45) is 17.3 Å². The van der Waals surface area contributed by atoms with Gasteiger partial charge in [-0.25, -0.2) is 9.11 Å². The SMILES string of the molecule is Cc1cc(F)cc(C[C@H]2CCCCC/C=C\[C@H]3C[C@@]3(C(=O)NS(=O)(=O)N(C)C)CC(=O)[C@@H]3C[C@@H](Oc4nc5ccccc5n4C(C)C)CN3C2=O)c1. The smallest absolute Gasteiger partial charge is 0.303 e. The first-order valence-corrected chi connectivity index (χ1v) is 19.8. The normalized spacial score (nSPS) is 26.5. The molecule has 6 rings (SSSR count). The zero-order valence-corrected chi connectivity index (χ0v) is 31.5. The number of aryl methyl sites for hydroxylation is 1. The van der Waals surface area contributed by atoms with E-state index >= 15 is 0 Å². The van der Waals surface area contributed by atoms with Gasteiger partial charge in [-0.05, 0) is 94.2 Å². The van der Waals surface area contributed by atoms with Gasteiger partial charge < -0.3 is 9.64 Å². The Kier molecular flexibility index (Phi) is 10.9. The highest BCUT2D eigenvalue weighted by atomic mass is 32.2. The van der Waals surface area contributed by atoms with E-state index in [4.69, 9.17) is 9.72 Å². The number of allylic oxidation sites excluding steroid dienone is 2. The predicted octanol–water partition coefficient (Wildman–Crippen LogP) is 5.68. The number of imidazole rings is 1. The van der Waals surface area contributed by atoms with Crippen LogP contribution in [0.25, 0.3) is 11.0 Å². The number of nitrogens with one attached hydrogen (secondary N) is 1. The monoisotopic (exact) mass is 735 g/mol. The number of carbonyl (C=O) groups excluding carboxylic acids is 3. The van der Waals surface area contributed by atoms with Crippen LogP contribution in [0.2, 0.25) is 0 Å². The van der Waals surface area contributed by atoms with Gasteiger partial charge in [-0.1, -0.05) is 43.2 Å². The Morgan fingerprint density at radius 3 is 2.63 bits per heavy atom. The molecule has 2 aromatic carbocycles. The summed E-state index contributed by atoms with van der Waals surface area (Å²) in [6.07, 6.45) is 7.82. The lowest BCUT2D eigenvalue weighted by atomic mass is 9.89. The molecule has 0 spiro atoms. The van der Waals surface area contributed by atoms with E-state index in [-0.39, 0.29) is 48.9 Å². The number of carbonyl (C=O) groups is 3. The van der Waals surface area contributed by atoms with Crippen molar-refractivity contribution in [2.45, 2.75) is 96.7 Å². The number of ketones is 1. The maximum atomic E-state index is 14.7. The van der Waals surface area contributed by atoms with E-state index in [1.807, 2.05) is 67.8 Å². The Morgan fingerprint density at radius 2 is 1.90 bits per heavy atom. The number of rotatable bonds is 8. The van der Waals surface area contributed by atoms with Gasteiger partial charge in [0.1, 0.15) is 11.9 Å². The molecule has 3 heterocycles. The molecule has 3 aromatic rings. The number of fused-ring (bicyclic) bond motifs is 3. The zero-order valence-electron chi connectivity index (χ0n) is 30.7. The van der Waals surface area contributed by atoms with Gasteiger partial charge in [0.15, 0.2) is 5.78 Å². The van der Waals surface area contributed by atoms with Crippen LogP contribution in [0.3, 0.4) is 0 Å². The molecule has 3 aliphatic rings. The van der Waals surface area contributed by atoms with Crippen LogP contribution in [0, 0.1) is 30.0 Å². The van der Waals surface area contributed by atoms with Gasteiger partial charge >= 0.3 is 10.2 Å². The lowest BCUT2D eigenvalue weighted by Gasteiger charge is -2.29. The van der Waals surface area contributed by atoms with Crippen molar-refractivity contribution in [2.75, 3.05) is 20.6 Å². The maximum absolute atomic E-state index is 14.7. The van der Waals surface area contributed by atoms with Crippen LogP contribution in [-0.2, 0) is 31.0 Å². The van der Waals surface area contributed by atoms with E-state index in [0.29, 0.717) is 25.3 Å². The molecule has 280 valence electrons. The van der Waals surface area contributed by atoms with Crippen LogP contribution >= 0.6 is 0 Å². The summed E-state index contributed by atoms with van der Waals surface area (Å²) in [6, 6.07) is 12.1. The third-order valence-electron chi connectivity index (χ3n) is 10.8. The molecule has 2 amide bonds. The van der Waals surface area contributed by atoms with Crippen molar-refractivity contribution in [3.05, 3.63) is 71.6 Å². The standard InChI is InChI=1S/C39H50FN5O6S/c1-25(2)45-33-16-12-11-15-32(33)41-38(45)51-31-21-34-35(46)23-39(37(48)42-52(49,50)43(4)5)22-29(39)14-10-8-6-7-9-13-28(36(47)44(34)24-31)19-27-17-26(3)18-30(40)20-27/h10-12,14-18,20,25,28-29,31,34H,6-9,13,19,21-24H2,1-5H3,(H,42,48)/b14-10-/t28-,29+,31-,34+,39-/m1/s1. The molecule has 1 saturated carbocycles. The first-order valence-electron chi connectivity index (χ1n) is 18.3. The molecular formula is C39H50FN5O6S. The Morgan fingerprint density at radius 1 is 1.13 bits per heavy atom. The molecule has 0 bridgehead atoms. The summed E-state index contributed by atoms with van der Waals surface area (Å²) in [7, 11) is -1.44. The zero-order chi connectivity index (χ0) is 37.4. The number of hydrogen-bond acceptors (Lipinski definition) is 7. The van der Waals surface area contributed by atoms with Crippen LogP contribution in [0.4, 0.5) is 4.39 Å². The average molecular weight is 736 g/mol. The number of nitrogens with zero attached hydrogens (tertiary/aromatic N) is 4. The first kappa shape index (κ1) is 37.7. The van der Waals surface area contributed by atoms with Crippen molar-refractivity contribution in [1.82, 2.24) is 23.5 Å². The number of Topliss-reactive ketones (excluding diaryl/α,β-unsaturated/α-hetero) is 1. The summed E-state index contributed by atoms with van der Waals surface area (Å²) in [5.74, 6) is -2.43. The Bertz CT molecular complexity index is 1960. The molecule has 5 atom stereocenters. The lowest BCUT2D eigenvalue weighted by Crippen LogP contribution is -2.47. The van der Waals surface area contributed by atoms with Gasteiger partial charge in [0.2, 0.25) is 11.8 Å². The molecule has 11 nitrogen and oxygen atoms in total. The highest BCUT2D eigenvalue weighted by molar-refractivity contribution is 7.87. The molecule has 2 aliphatic heterocycles. The maximum Gasteiger partial charge on any atom is 0.303 e. The minimum absolute atomic E-state index is 0.0216. The summed E-state index contributed by atoms with van der Waals surface area (Å²) < 4.78 is 51.6. The third kappa shape index (κ3) is 7.95. The number of para-hydroxylation sites is 2. The van der Waals surface area contributed by atoms with Gasteiger partial charge in [-0.15, -0.1) is 0 Å². The second kappa shape index (κ2) is 15.1. The van der Waals surface area contributed by atoms with Gasteiger partial charge in [0, 0.05) is 38.9 Å². The Labute approximate surface area is 305 Å². The van der Waals surface area contributed by atoms with Crippen molar-refractivity contribution in [3.63, 3.8) is 0 Å². The van der Waals surface area contributed by atoms with E-state index in [9.17, 15) is 27.2 Å². The first-order chi connectivity index (χ1) is 24.7. The number of hydrogen-bond donors (Lipinski definition) is 1. The van der Waals surface area contributed by atoms with Crippen LogP contribution in [0.1, 0.15) is 82.4 Å². The molecule has 1 aromatic heterocycles. The number of ether oxygens (including phenoxy) is 1. The van der Waals surface area contributed by atoms with Gasteiger partial charge in [-0.2, -0.15) is 17.7 Å². The molecule has 2 fully saturated rings. The number of benzene rings is 2. The van der Waals surface area contributed by atoms with Crippen molar-refractivity contribution in [3.8, 4) is 6.01 Å². The minimum atomic E-state index is -4.10. The quantitative estimate of drug-likeness (QED) is 0.295. The summed E-state index contributed by atoms with van der Waals surface area (Å²) in [4.78, 5) is 49.3. The van der Waals surface area contributed by atoms with E-state index in [1.165, 1.54) is 26.2 Å². The fourth-order valence-electron chi connectivity index (χ4n) is 7.91. The van der Waals surface area contributed by atoms with E-state index in [1.54, 1.807) is 4.90 Å². The Hall–Kier alpha value is -4.10. The molecule has 0 radical (unpaired) electrons. The van der Waals surface area contributed by atoms with Crippen LogP contribution < -0.4 is 9.46 Å². The molecular weight excluding hydrogens is 686 g/mol. The summed E-state index contributed by atoms with van der Waals surface area (Å²) in [5.41, 5.74) is 1.91. The average Bonchev–Trinajstić information content (AvgIpc) is 3.40. The van der Waals surface area contributed by atoms with Gasteiger partial charge in [-0.3, -0.25) is 19.0 Å². The number of aromatic nitrogens is 2. The fraction of sp³-hybridized carbons (Fsp3) is 0.538. The highest BCUT2D eigenvalue weighted by Gasteiger charge is 2.61. The summed E-state index contributed by atoms with van der Waals surface area (Å²) >= 11 is 0. The van der Waals surface area contributed by atoms with E-state index < -0.39 is 39.6 Å². The van der Waals surface area contributed by atoms with Crippen molar-refractivity contribution >= 4 is 38.8 Å². The lowest BCUT2D eigenvalue weighted by molar-refractivity contribution is -0.142. The molecule has 0 unspecified atom stereocenters. The van der Waals surface area contributed by atoms with Crippen LogP contribution in [0.15, 0.2) is 54.6 Å². The third-order valence-corrected chi connectivity index (χ3v) is 12.2. The van der Waals surface area contributed by atoms with E-state index in [0.717, 1.165) is 52.1 Å². The summed E-state index contributed by atoms with van der Waals surface area (Å²) in [5, 5.41) is 0. The molecule has 1 aliphatic carbocycles. The van der Waals surface area contributed by atoms with Gasteiger partial charge in [0.25, 0.3) is 6.01 Å². The Balaban J connectivity index is 1.35.